The second kappa shape index (κ2) is 6.31. The van der Waals surface area contributed by atoms with Gasteiger partial charge >= 0.3 is 6.18 Å². The van der Waals surface area contributed by atoms with Gasteiger partial charge in [-0.05, 0) is 17.7 Å². The first-order valence-electron chi connectivity index (χ1n) is 6.98. The summed E-state index contributed by atoms with van der Waals surface area (Å²) in [6.45, 7) is 6.20. The summed E-state index contributed by atoms with van der Waals surface area (Å²) in [6, 6.07) is 4.73. The fraction of sp³-hybridized carbons (Fsp3) is 0.375. The summed E-state index contributed by atoms with van der Waals surface area (Å²) >= 11 is 1.32. The highest BCUT2D eigenvalue weighted by Crippen LogP contribution is 2.29. The first kappa shape index (κ1) is 17.5. The maximum atomic E-state index is 12.5. The molecule has 0 bridgehead atoms. The summed E-state index contributed by atoms with van der Waals surface area (Å²) in [4.78, 5) is 16.8. The Morgan fingerprint density at radius 2 is 1.78 bits per heavy atom. The number of hydrogen-bond donors (Lipinski definition) is 1. The lowest BCUT2D eigenvalue weighted by Crippen LogP contribution is -2.21. The Morgan fingerprint density at radius 3 is 2.26 bits per heavy atom. The molecule has 2 rings (SSSR count). The van der Waals surface area contributed by atoms with Crippen LogP contribution in [-0.4, -0.2) is 10.9 Å². The van der Waals surface area contributed by atoms with Gasteiger partial charge in [0.15, 0.2) is 0 Å². The van der Waals surface area contributed by atoms with Crippen molar-refractivity contribution in [1.82, 2.24) is 10.3 Å². The molecular weight excluding hydrogens is 325 g/mol. The number of alkyl halides is 3. The average Bonchev–Trinajstić information content (AvgIpc) is 2.94. The summed E-state index contributed by atoms with van der Waals surface area (Å²) in [5, 5.41) is 3.55. The number of nitrogens with zero attached hydrogens (tertiary/aromatic N) is 1. The zero-order chi connectivity index (χ0) is 17.3. The number of halogens is 3. The molecule has 7 heteroatoms. The molecule has 0 aliphatic carbocycles. The molecule has 1 aromatic carbocycles. The molecule has 0 aliphatic rings. The van der Waals surface area contributed by atoms with Crippen molar-refractivity contribution in [3.8, 4) is 0 Å². The minimum atomic E-state index is -4.35. The van der Waals surface area contributed by atoms with Crippen molar-refractivity contribution in [3.63, 3.8) is 0 Å². The highest BCUT2D eigenvalue weighted by atomic mass is 32.1. The van der Waals surface area contributed by atoms with E-state index in [1.165, 1.54) is 29.7 Å². The van der Waals surface area contributed by atoms with Gasteiger partial charge in [0.05, 0.1) is 16.8 Å². The molecule has 0 atom stereocenters. The van der Waals surface area contributed by atoms with Crippen molar-refractivity contribution in [2.45, 2.75) is 38.9 Å². The fourth-order valence-electron chi connectivity index (χ4n) is 1.81. The molecule has 1 N–H and O–H groups in total. The molecule has 0 spiro atoms. The molecule has 0 unspecified atom stereocenters. The molecule has 124 valence electrons. The number of thiazole rings is 1. The normalized spacial score (nSPS) is 12.3. The van der Waals surface area contributed by atoms with Gasteiger partial charge in [-0.25, -0.2) is 4.98 Å². The molecule has 1 heterocycles. The average molecular weight is 342 g/mol. The van der Waals surface area contributed by atoms with Crippen LogP contribution in [0.2, 0.25) is 0 Å². The summed E-state index contributed by atoms with van der Waals surface area (Å²) in [6.07, 6.45) is -2.83. The van der Waals surface area contributed by atoms with E-state index in [0.29, 0.717) is 10.4 Å². The van der Waals surface area contributed by atoms with Gasteiger partial charge in [0.25, 0.3) is 5.91 Å². The van der Waals surface area contributed by atoms with Crippen molar-refractivity contribution < 1.29 is 18.0 Å². The van der Waals surface area contributed by atoms with E-state index in [9.17, 15) is 18.0 Å². The number of hydrogen-bond acceptors (Lipinski definition) is 3. The lowest BCUT2D eigenvalue weighted by Gasteiger charge is -2.13. The van der Waals surface area contributed by atoms with E-state index in [4.69, 9.17) is 0 Å². The van der Waals surface area contributed by atoms with Crippen LogP contribution in [0.1, 0.15) is 46.6 Å². The van der Waals surface area contributed by atoms with Crippen molar-refractivity contribution in [2.75, 3.05) is 0 Å². The SMILES string of the molecule is CC(C)(C)c1ncc(C(=O)NCc2ccc(C(F)(F)F)cc2)s1. The van der Waals surface area contributed by atoms with Crippen LogP contribution in [0, 0.1) is 0 Å². The molecule has 3 nitrogen and oxygen atoms in total. The van der Waals surface area contributed by atoms with Crippen molar-refractivity contribution in [3.05, 3.63) is 51.5 Å². The zero-order valence-electron chi connectivity index (χ0n) is 13.0. The van der Waals surface area contributed by atoms with Gasteiger partial charge < -0.3 is 5.32 Å². The van der Waals surface area contributed by atoms with Crippen LogP contribution in [0.25, 0.3) is 0 Å². The molecule has 0 aliphatic heterocycles. The number of amides is 1. The van der Waals surface area contributed by atoms with Crippen molar-refractivity contribution >= 4 is 17.2 Å². The molecule has 0 fully saturated rings. The summed E-state index contributed by atoms with van der Waals surface area (Å²) in [5.74, 6) is -0.280. The van der Waals surface area contributed by atoms with E-state index in [2.05, 4.69) is 10.3 Å². The quantitative estimate of drug-likeness (QED) is 0.899. The van der Waals surface area contributed by atoms with Crippen LogP contribution in [0.15, 0.2) is 30.5 Å². The first-order chi connectivity index (χ1) is 10.6. The van der Waals surface area contributed by atoms with Gasteiger partial charge in [0.2, 0.25) is 0 Å². The van der Waals surface area contributed by atoms with E-state index in [-0.39, 0.29) is 17.9 Å². The Morgan fingerprint density at radius 1 is 1.17 bits per heavy atom. The summed E-state index contributed by atoms with van der Waals surface area (Å²) in [5.41, 5.74) is -0.229. The predicted octanol–water partition coefficient (Wildman–Crippen LogP) is 4.39. The summed E-state index contributed by atoms with van der Waals surface area (Å²) in [7, 11) is 0. The third-order valence-electron chi connectivity index (χ3n) is 3.11. The van der Waals surface area contributed by atoms with Crippen molar-refractivity contribution in [1.29, 1.82) is 0 Å². The molecule has 0 saturated carbocycles. The van der Waals surface area contributed by atoms with Gasteiger partial charge in [-0.2, -0.15) is 13.2 Å². The fourth-order valence-corrected chi connectivity index (χ4v) is 2.70. The second-order valence-electron chi connectivity index (χ2n) is 6.16. The Labute approximate surface area is 136 Å². The Balaban J connectivity index is 1.98. The number of benzene rings is 1. The van der Waals surface area contributed by atoms with Crippen LogP contribution >= 0.6 is 11.3 Å². The molecule has 1 amide bonds. The lowest BCUT2D eigenvalue weighted by molar-refractivity contribution is -0.137. The Bertz CT molecular complexity index is 685. The molecular formula is C16H17F3N2OS. The second-order valence-corrected chi connectivity index (χ2v) is 7.19. The monoisotopic (exact) mass is 342 g/mol. The number of carbonyl (C=O) groups excluding carboxylic acids is 1. The molecule has 0 saturated heterocycles. The highest BCUT2D eigenvalue weighted by Gasteiger charge is 2.29. The predicted molar refractivity (Wildman–Crippen MR) is 83.4 cm³/mol. The molecule has 0 radical (unpaired) electrons. The molecule has 1 aromatic heterocycles. The van der Waals surface area contributed by atoms with Gasteiger partial charge in [-0.1, -0.05) is 32.9 Å². The van der Waals surface area contributed by atoms with Gasteiger partial charge in [0, 0.05) is 12.0 Å². The number of aromatic nitrogens is 1. The molecule has 2 aromatic rings. The van der Waals surface area contributed by atoms with E-state index in [1.807, 2.05) is 20.8 Å². The first-order valence-corrected chi connectivity index (χ1v) is 7.79. The van der Waals surface area contributed by atoms with E-state index < -0.39 is 11.7 Å². The maximum Gasteiger partial charge on any atom is 0.416 e. The van der Waals surface area contributed by atoms with Crippen LogP contribution in [0.5, 0.6) is 0 Å². The summed E-state index contributed by atoms with van der Waals surface area (Å²) < 4.78 is 37.4. The van der Waals surface area contributed by atoms with Crippen LogP contribution in [0.3, 0.4) is 0 Å². The van der Waals surface area contributed by atoms with Crippen LogP contribution in [0.4, 0.5) is 13.2 Å². The van der Waals surface area contributed by atoms with E-state index >= 15 is 0 Å². The Hall–Kier alpha value is -1.89. The van der Waals surface area contributed by atoms with Crippen LogP contribution < -0.4 is 5.32 Å². The third kappa shape index (κ3) is 4.54. The Kier molecular flexibility index (Phi) is 4.79. The van der Waals surface area contributed by atoms with E-state index in [0.717, 1.165) is 17.1 Å². The van der Waals surface area contributed by atoms with Crippen LogP contribution in [-0.2, 0) is 18.1 Å². The largest absolute Gasteiger partial charge is 0.416 e. The minimum absolute atomic E-state index is 0.128. The number of rotatable bonds is 3. The molecule has 23 heavy (non-hydrogen) atoms. The third-order valence-corrected chi connectivity index (χ3v) is 4.53. The lowest BCUT2D eigenvalue weighted by atomic mass is 9.98. The van der Waals surface area contributed by atoms with Gasteiger partial charge in [-0.3, -0.25) is 4.79 Å². The number of carbonyl (C=O) groups is 1. The standard InChI is InChI=1S/C16H17F3N2OS/c1-15(2,3)14-21-9-12(23-14)13(22)20-8-10-4-6-11(7-5-10)16(17,18)19/h4-7,9H,8H2,1-3H3,(H,20,22). The highest BCUT2D eigenvalue weighted by molar-refractivity contribution is 7.13. The van der Waals surface area contributed by atoms with E-state index in [1.54, 1.807) is 0 Å². The number of nitrogens with one attached hydrogen (secondary N) is 1. The van der Waals surface area contributed by atoms with Gasteiger partial charge in [0.1, 0.15) is 4.88 Å². The van der Waals surface area contributed by atoms with Crippen molar-refractivity contribution in [2.24, 2.45) is 0 Å². The minimum Gasteiger partial charge on any atom is -0.347 e. The topological polar surface area (TPSA) is 42.0 Å². The van der Waals surface area contributed by atoms with Gasteiger partial charge in [-0.15, -0.1) is 11.3 Å². The zero-order valence-corrected chi connectivity index (χ0v) is 13.8. The maximum absolute atomic E-state index is 12.5. The smallest absolute Gasteiger partial charge is 0.347 e.